The van der Waals surface area contributed by atoms with Crippen LogP contribution in [0.5, 0.6) is 0 Å². The van der Waals surface area contributed by atoms with Gasteiger partial charge in [-0.3, -0.25) is 4.79 Å². The summed E-state index contributed by atoms with van der Waals surface area (Å²) in [6.45, 7) is 1.65. The number of pyridine rings is 1. The molecule has 0 saturated carbocycles. The number of aromatic nitrogens is 1. The smallest absolute Gasteiger partial charge is 0.253 e. The Labute approximate surface area is 63.4 Å². The van der Waals surface area contributed by atoms with Crippen molar-refractivity contribution in [3.63, 3.8) is 0 Å². The maximum absolute atomic E-state index is 11.1. The standard InChI is InChI=1S/C7H8N2O2/c1-5-3-6(8-11)4-9(2)7(5)10/h3-4H,1-2H3. The van der Waals surface area contributed by atoms with Gasteiger partial charge in [-0.1, -0.05) is 0 Å². The lowest BCUT2D eigenvalue weighted by Crippen LogP contribution is -2.17. The highest BCUT2D eigenvalue weighted by molar-refractivity contribution is 5.36. The summed E-state index contributed by atoms with van der Waals surface area (Å²) in [5, 5.41) is 2.72. The number of nitrogens with zero attached hydrogens (tertiary/aromatic N) is 2. The van der Waals surface area contributed by atoms with Gasteiger partial charge in [-0.25, -0.2) is 0 Å². The zero-order chi connectivity index (χ0) is 8.43. The van der Waals surface area contributed by atoms with Crippen molar-refractivity contribution in [2.24, 2.45) is 12.2 Å². The Hall–Kier alpha value is -1.45. The van der Waals surface area contributed by atoms with Gasteiger partial charge in [-0.15, -0.1) is 4.91 Å². The van der Waals surface area contributed by atoms with Crippen LogP contribution in [0.15, 0.2) is 22.2 Å². The maximum atomic E-state index is 11.1. The van der Waals surface area contributed by atoms with Crippen molar-refractivity contribution in [1.29, 1.82) is 0 Å². The minimum atomic E-state index is -0.0996. The molecule has 58 valence electrons. The molecular weight excluding hydrogens is 144 g/mol. The molecule has 0 radical (unpaired) electrons. The third kappa shape index (κ3) is 1.34. The highest BCUT2D eigenvalue weighted by atomic mass is 16.3. The molecule has 0 N–H and O–H groups in total. The summed E-state index contributed by atoms with van der Waals surface area (Å²) in [6.07, 6.45) is 1.41. The van der Waals surface area contributed by atoms with Crippen LogP contribution in [0.25, 0.3) is 0 Å². The van der Waals surface area contributed by atoms with Crippen molar-refractivity contribution in [2.45, 2.75) is 6.92 Å². The average molecular weight is 152 g/mol. The Bertz CT molecular complexity index is 315. The molecule has 1 rings (SSSR count). The van der Waals surface area contributed by atoms with Gasteiger partial charge >= 0.3 is 0 Å². The summed E-state index contributed by atoms with van der Waals surface area (Å²) >= 11 is 0. The third-order valence-electron chi connectivity index (χ3n) is 1.45. The minimum Gasteiger partial charge on any atom is -0.316 e. The van der Waals surface area contributed by atoms with Crippen LogP contribution in [-0.4, -0.2) is 4.57 Å². The van der Waals surface area contributed by atoms with E-state index in [-0.39, 0.29) is 11.2 Å². The molecule has 0 aliphatic carbocycles. The molecule has 0 aliphatic rings. The monoisotopic (exact) mass is 152 g/mol. The maximum Gasteiger partial charge on any atom is 0.253 e. The van der Waals surface area contributed by atoms with Gasteiger partial charge in [0.25, 0.3) is 5.56 Å². The second kappa shape index (κ2) is 2.65. The summed E-state index contributed by atoms with van der Waals surface area (Å²) in [6, 6.07) is 1.47. The minimum absolute atomic E-state index is 0.0996. The predicted octanol–water partition coefficient (Wildman–Crippen LogP) is 1.09. The molecule has 0 bridgehead atoms. The van der Waals surface area contributed by atoms with Gasteiger partial charge in [0.05, 0.1) is 0 Å². The molecule has 1 aromatic rings. The molecule has 1 heterocycles. The van der Waals surface area contributed by atoms with Gasteiger partial charge in [-0.05, 0) is 18.2 Å². The van der Waals surface area contributed by atoms with Gasteiger partial charge in [-0.2, -0.15) is 0 Å². The molecule has 0 fully saturated rings. The number of rotatable bonds is 1. The van der Waals surface area contributed by atoms with E-state index in [1.54, 1.807) is 14.0 Å². The Balaban J connectivity index is 3.43. The Morgan fingerprint density at radius 1 is 1.55 bits per heavy atom. The quantitative estimate of drug-likeness (QED) is 0.565. The normalized spacial score (nSPS) is 9.64. The molecule has 0 aliphatic heterocycles. The first-order chi connectivity index (χ1) is 5.15. The van der Waals surface area contributed by atoms with Crippen LogP contribution in [0.3, 0.4) is 0 Å². The van der Waals surface area contributed by atoms with Crippen molar-refractivity contribution in [3.05, 3.63) is 33.1 Å². The molecule has 0 amide bonds. The second-order valence-corrected chi connectivity index (χ2v) is 2.39. The number of hydrogen-bond acceptors (Lipinski definition) is 3. The highest BCUT2D eigenvalue weighted by Crippen LogP contribution is 2.08. The Kier molecular flexibility index (Phi) is 1.85. The molecule has 1 aromatic heterocycles. The summed E-state index contributed by atoms with van der Waals surface area (Å²) in [7, 11) is 1.59. The van der Waals surface area contributed by atoms with E-state index in [0.29, 0.717) is 5.56 Å². The fourth-order valence-corrected chi connectivity index (χ4v) is 0.906. The molecule has 4 nitrogen and oxygen atoms in total. The summed E-state index contributed by atoms with van der Waals surface area (Å²) < 4.78 is 1.34. The van der Waals surface area contributed by atoms with E-state index in [0.717, 1.165) is 0 Å². The average Bonchev–Trinajstić information content (AvgIpc) is 1.99. The first-order valence-corrected chi connectivity index (χ1v) is 3.16. The summed E-state index contributed by atoms with van der Waals surface area (Å²) in [4.78, 5) is 21.1. The molecule has 4 heteroatoms. The zero-order valence-electron chi connectivity index (χ0n) is 6.37. The van der Waals surface area contributed by atoms with Crippen molar-refractivity contribution >= 4 is 5.69 Å². The highest BCUT2D eigenvalue weighted by Gasteiger charge is 1.98. The van der Waals surface area contributed by atoms with E-state index in [9.17, 15) is 9.70 Å². The summed E-state index contributed by atoms with van der Waals surface area (Å²) in [5.41, 5.74) is 0.714. The van der Waals surface area contributed by atoms with Crippen LogP contribution in [0.1, 0.15) is 5.56 Å². The molecular formula is C7H8N2O2. The molecule has 11 heavy (non-hydrogen) atoms. The SMILES string of the molecule is Cc1cc(N=O)cn(C)c1=O. The topological polar surface area (TPSA) is 51.4 Å². The lowest BCUT2D eigenvalue weighted by molar-refractivity contribution is 0.848. The van der Waals surface area contributed by atoms with Gasteiger partial charge in [0.2, 0.25) is 0 Å². The molecule has 0 atom stereocenters. The lowest BCUT2D eigenvalue weighted by atomic mass is 10.3. The van der Waals surface area contributed by atoms with Crippen LogP contribution in [0.4, 0.5) is 5.69 Å². The van der Waals surface area contributed by atoms with Crippen LogP contribution >= 0.6 is 0 Å². The van der Waals surface area contributed by atoms with E-state index < -0.39 is 0 Å². The number of aryl methyl sites for hydroxylation is 2. The second-order valence-electron chi connectivity index (χ2n) is 2.39. The first-order valence-electron chi connectivity index (χ1n) is 3.16. The number of hydrogen-bond donors (Lipinski definition) is 0. The van der Waals surface area contributed by atoms with E-state index in [4.69, 9.17) is 0 Å². The lowest BCUT2D eigenvalue weighted by Gasteiger charge is -1.98. The first kappa shape index (κ1) is 7.65. The van der Waals surface area contributed by atoms with Crippen LogP contribution in [-0.2, 0) is 7.05 Å². The Morgan fingerprint density at radius 3 is 2.64 bits per heavy atom. The van der Waals surface area contributed by atoms with E-state index in [1.165, 1.54) is 16.8 Å². The zero-order valence-corrected chi connectivity index (χ0v) is 6.37. The van der Waals surface area contributed by atoms with Crippen LogP contribution in [0, 0.1) is 11.8 Å². The van der Waals surface area contributed by atoms with Gasteiger partial charge in [0.15, 0.2) is 0 Å². The molecule has 0 aromatic carbocycles. The third-order valence-corrected chi connectivity index (χ3v) is 1.45. The Morgan fingerprint density at radius 2 is 2.18 bits per heavy atom. The predicted molar refractivity (Wildman–Crippen MR) is 41.9 cm³/mol. The van der Waals surface area contributed by atoms with E-state index >= 15 is 0 Å². The van der Waals surface area contributed by atoms with Crippen LogP contribution in [0.2, 0.25) is 0 Å². The molecule has 0 spiro atoms. The van der Waals surface area contributed by atoms with E-state index in [2.05, 4.69) is 5.18 Å². The van der Waals surface area contributed by atoms with Crippen molar-refractivity contribution in [2.75, 3.05) is 0 Å². The molecule has 0 saturated heterocycles. The fourth-order valence-electron chi connectivity index (χ4n) is 0.906. The van der Waals surface area contributed by atoms with Crippen molar-refractivity contribution in [3.8, 4) is 0 Å². The largest absolute Gasteiger partial charge is 0.316 e. The van der Waals surface area contributed by atoms with Crippen molar-refractivity contribution in [1.82, 2.24) is 4.57 Å². The van der Waals surface area contributed by atoms with Crippen molar-refractivity contribution < 1.29 is 0 Å². The van der Waals surface area contributed by atoms with Crippen LogP contribution < -0.4 is 5.56 Å². The number of nitroso groups, excluding NO2 is 1. The molecule has 0 unspecified atom stereocenters. The van der Waals surface area contributed by atoms with Gasteiger partial charge < -0.3 is 4.57 Å². The summed E-state index contributed by atoms with van der Waals surface area (Å²) in [5.74, 6) is 0. The van der Waals surface area contributed by atoms with E-state index in [1.807, 2.05) is 0 Å². The fraction of sp³-hybridized carbons (Fsp3) is 0.286. The van der Waals surface area contributed by atoms with Gasteiger partial charge in [0.1, 0.15) is 5.69 Å². The van der Waals surface area contributed by atoms with Gasteiger partial charge in [0, 0.05) is 18.8 Å².